The van der Waals surface area contributed by atoms with Crippen LogP contribution in [0.15, 0.2) is 36.7 Å². The van der Waals surface area contributed by atoms with E-state index in [1.807, 2.05) is 35.1 Å². The van der Waals surface area contributed by atoms with Gasteiger partial charge in [0.15, 0.2) is 0 Å². The lowest BCUT2D eigenvalue weighted by Gasteiger charge is -2.15. The molecule has 1 saturated heterocycles. The van der Waals surface area contributed by atoms with Crippen LogP contribution in [-0.2, 0) is 11.3 Å². The summed E-state index contributed by atoms with van der Waals surface area (Å²) in [5, 5.41) is 7.38. The topological polar surface area (TPSA) is 59.4 Å². The number of carbonyl (C=O) groups excluding carboxylic acids is 1. The highest BCUT2D eigenvalue weighted by atomic mass is 16.5. The van der Waals surface area contributed by atoms with Crippen molar-refractivity contribution in [3.8, 4) is 11.4 Å². The van der Waals surface area contributed by atoms with Crippen LogP contribution < -0.4 is 10.1 Å². The van der Waals surface area contributed by atoms with Gasteiger partial charge in [-0.1, -0.05) is 12.1 Å². The number of hydrogen-bond donors (Lipinski definition) is 1. The molecule has 3 rings (SSSR count). The fourth-order valence-electron chi connectivity index (χ4n) is 3.16. The quantitative estimate of drug-likeness (QED) is 0.879. The number of benzene rings is 1. The zero-order valence-corrected chi connectivity index (χ0v) is 14.2. The molecule has 1 atom stereocenters. The summed E-state index contributed by atoms with van der Waals surface area (Å²) in [5.41, 5.74) is 2.12. The van der Waals surface area contributed by atoms with Gasteiger partial charge < -0.3 is 10.1 Å². The summed E-state index contributed by atoms with van der Waals surface area (Å²) in [5.74, 6) is 1.40. The van der Waals surface area contributed by atoms with Crippen molar-refractivity contribution in [1.29, 1.82) is 0 Å². The standard InChI is InChI=1S/C18H24N4O2/c1-14(23)19-9-15-7-8-21(11-15)12-16-10-20-22(13-16)17-5-3-4-6-18(17)24-2/h3-6,10,13,15H,7-9,11-12H2,1-2H3,(H,19,23)/t15-/m0/s1. The van der Waals surface area contributed by atoms with E-state index >= 15 is 0 Å². The van der Waals surface area contributed by atoms with Crippen molar-refractivity contribution in [3.63, 3.8) is 0 Å². The minimum Gasteiger partial charge on any atom is -0.494 e. The summed E-state index contributed by atoms with van der Waals surface area (Å²) >= 11 is 0. The van der Waals surface area contributed by atoms with Crippen LogP contribution in [0.1, 0.15) is 18.9 Å². The summed E-state index contributed by atoms with van der Waals surface area (Å²) in [7, 11) is 1.67. The van der Waals surface area contributed by atoms with Gasteiger partial charge in [0, 0.05) is 38.3 Å². The SMILES string of the molecule is COc1ccccc1-n1cc(CN2CC[C@@H](CNC(C)=O)C2)cn1. The number of aromatic nitrogens is 2. The van der Waals surface area contributed by atoms with Gasteiger partial charge in [-0.2, -0.15) is 5.10 Å². The van der Waals surface area contributed by atoms with Crippen LogP contribution in [0.4, 0.5) is 0 Å². The van der Waals surface area contributed by atoms with E-state index < -0.39 is 0 Å². The van der Waals surface area contributed by atoms with Gasteiger partial charge >= 0.3 is 0 Å². The highest BCUT2D eigenvalue weighted by Crippen LogP contribution is 2.23. The molecule has 1 N–H and O–H groups in total. The Labute approximate surface area is 142 Å². The molecule has 1 amide bonds. The second-order valence-corrected chi connectivity index (χ2v) is 6.29. The molecule has 0 radical (unpaired) electrons. The molecule has 0 bridgehead atoms. The van der Waals surface area contributed by atoms with Crippen LogP contribution in [-0.4, -0.2) is 47.3 Å². The van der Waals surface area contributed by atoms with Gasteiger partial charge in [-0.3, -0.25) is 9.69 Å². The molecule has 2 heterocycles. The summed E-state index contributed by atoms with van der Waals surface area (Å²) < 4.78 is 7.26. The van der Waals surface area contributed by atoms with E-state index in [1.165, 1.54) is 5.56 Å². The molecule has 24 heavy (non-hydrogen) atoms. The number of para-hydroxylation sites is 2. The van der Waals surface area contributed by atoms with E-state index in [0.29, 0.717) is 5.92 Å². The summed E-state index contributed by atoms with van der Waals surface area (Å²) in [6.07, 6.45) is 5.09. The molecule has 6 nitrogen and oxygen atoms in total. The number of methoxy groups -OCH3 is 1. The van der Waals surface area contributed by atoms with Crippen LogP contribution in [0, 0.1) is 5.92 Å². The average Bonchev–Trinajstić information content (AvgIpc) is 3.23. The summed E-state index contributed by atoms with van der Waals surface area (Å²) in [6.45, 7) is 5.29. The number of rotatable bonds is 6. The molecule has 2 aromatic rings. The lowest BCUT2D eigenvalue weighted by molar-refractivity contribution is -0.119. The molecule has 128 valence electrons. The number of amides is 1. The van der Waals surface area contributed by atoms with Crippen molar-refractivity contribution >= 4 is 5.91 Å². The van der Waals surface area contributed by atoms with Gasteiger partial charge in [0.1, 0.15) is 11.4 Å². The zero-order valence-electron chi connectivity index (χ0n) is 14.2. The maximum atomic E-state index is 11.0. The third-order valence-electron chi connectivity index (χ3n) is 4.38. The van der Waals surface area contributed by atoms with Gasteiger partial charge in [-0.25, -0.2) is 4.68 Å². The van der Waals surface area contributed by atoms with Crippen molar-refractivity contribution in [2.75, 3.05) is 26.7 Å². The summed E-state index contributed by atoms with van der Waals surface area (Å²) in [6, 6.07) is 7.86. The third-order valence-corrected chi connectivity index (χ3v) is 4.38. The minimum absolute atomic E-state index is 0.0477. The van der Waals surface area contributed by atoms with Crippen molar-refractivity contribution in [2.24, 2.45) is 5.92 Å². The Kier molecular flexibility index (Phi) is 5.15. The van der Waals surface area contributed by atoms with Crippen molar-refractivity contribution in [1.82, 2.24) is 20.0 Å². The van der Waals surface area contributed by atoms with E-state index in [0.717, 1.165) is 44.0 Å². The molecule has 0 unspecified atom stereocenters. The molecule has 6 heteroatoms. The maximum absolute atomic E-state index is 11.0. The Hall–Kier alpha value is -2.34. The number of carbonyl (C=O) groups is 1. The van der Waals surface area contributed by atoms with Crippen LogP contribution in [0.5, 0.6) is 5.75 Å². The number of likely N-dealkylation sites (tertiary alicyclic amines) is 1. The van der Waals surface area contributed by atoms with Crippen LogP contribution in [0.2, 0.25) is 0 Å². The largest absolute Gasteiger partial charge is 0.494 e. The van der Waals surface area contributed by atoms with Gasteiger partial charge in [0.2, 0.25) is 5.91 Å². The average molecular weight is 328 g/mol. The highest BCUT2D eigenvalue weighted by molar-refractivity contribution is 5.72. The first-order valence-corrected chi connectivity index (χ1v) is 8.29. The molecule has 1 aliphatic heterocycles. The Morgan fingerprint density at radius 1 is 1.42 bits per heavy atom. The normalized spacial score (nSPS) is 17.8. The lowest BCUT2D eigenvalue weighted by Crippen LogP contribution is -2.29. The van der Waals surface area contributed by atoms with Crippen LogP contribution in [0.3, 0.4) is 0 Å². The molecular weight excluding hydrogens is 304 g/mol. The molecule has 0 aliphatic carbocycles. The van der Waals surface area contributed by atoms with E-state index in [2.05, 4.69) is 21.5 Å². The number of hydrogen-bond acceptors (Lipinski definition) is 4. The summed E-state index contributed by atoms with van der Waals surface area (Å²) in [4.78, 5) is 13.4. The van der Waals surface area contributed by atoms with E-state index in [1.54, 1.807) is 14.0 Å². The number of nitrogens with one attached hydrogen (secondary N) is 1. The molecule has 1 fully saturated rings. The van der Waals surface area contributed by atoms with E-state index in [9.17, 15) is 4.79 Å². The Morgan fingerprint density at radius 3 is 3.04 bits per heavy atom. The third kappa shape index (κ3) is 3.94. The second kappa shape index (κ2) is 7.49. The Balaban J connectivity index is 1.60. The van der Waals surface area contributed by atoms with Crippen LogP contribution in [0.25, 0.3) is 5.69 Å². The fourth-order valence-corrected chi connectivity index (χ4v) is 3.16. The Morgan fingerprint density at radius 2 is 2.25 bits per heavy atom. The smallest absolute Gasteiger partial charge is 0.216 e. The number of ether oxygens (including phenoxy) is 1. The molecule has 1 aliphatic rings. The first-order valence-electron chi connectivity index (χ1n) is 8.29. The van der Waals surface area contributed by atoms with Crippen molar-refractivity contribution in [3.05, 3.63) is 42.2 Å². The first-order chi connectivity index (χ1) is 11.7. The predicted octanol–water partition coefficient (Wildman–Crippen LogP) is 1.84. The van der Waals surface area contributed by atoms with E-state index in [-0.39, 0.29) is 5.91 Å². The highest BCUT2D eigenvalue weighted by Gasteiger charge is 2.22. The molecule has 1 aromatic heterocycles. The molecule has 1 aromatic carbocycles. The second-order valence-electron chi connectivity index (χ2n) is 6.29. The monoisotopic (exact) mass is 328 g/mol. The first kappa shape index (κ1) is 16.5. The molecule has 0 spiro atoms. The van der Waals surface area contributed by atoms with Gasteiger partial charge in [-0.15, -0.1) is 0 Å². The maximum Gasteiger partial charge on any atom is 0.216 e. The van der Waals surface area contributed by atoms with Crippen molar-refractivity contribution < 1.29 is 9.53 Å². The Bertz CT molecular complexity index is 698. The van der Waals surface area contributed by atoms with E-state index in [4.69, 9.17) is 4.74 Å². The fraction of sp³-hybridized carbons (Fsp3) is 0.444. The van der Waals surface area contributed by atoms with Gasteiger partial charge in [0.05, 0.1) is 13.3 Å². The van der Waals surface area contributed by atoms with Crippen molar-refractivity contribution in [2.45, 2.75) is 19.9 Å². The molecule has 0 saturated carbocycles. The molecular formula is C18H24N4O2. The number of nitrogens with zero attached hydrogens (tertiary/aromatic N) is 3. The zero-order chi connectivity index (χ0) is 16.9. The van der Waals surface area contributed by atoms with Gasteiger partial charge in [-0.05, 0) is 31.0 Å². The predicted molar refractivity (Wildman–Crippen MR) is 92.2 cm³/mol. The van der Waals surface area contributed by atoms with Gasteiger partial charge in [0.25, 0.3) is 0 Å². The lowest BCUT2D eigenvalue weighted by atomic mass is 10.1. The van der Waals surface area contributed by atoms with Crippen LogP contribution >= 0.6 is 0 Å². The minimum atomic E-state index is 0.0477.